The molecule has 1 aromatic heterocycles. The highest BCUT2D eigenvalue weighted by Crippen LogP contribution is 2.19. The molecule has 0 bridgehead atoms. The molecule has 6 heteroatoms. The fraction of sp³-hybridized carbons (Fsp3) is 0.267. The first-order valence-electron chi connectivity index (χ1n) is 6.49. The highest BCUT2D eigenvalue weighted by molar-refractivity contribution is 7.89. The van der Waals surface area contributed by atoms with Crippen molar-refractivity contribution in [2.24, 2.45) is 0 Å². The second-order valence-electron chi connectivity index (χ2n) is 4.88. The molecule has 1 atom stereocenters. The number of benzene rings is 1. The van der Waals surface area contributed by atoms with Crippen molar-refractivity contribution in [1.29, 1.82) is 0 Å². The maximum atomic E-state index is 12.3. The van der Waals surface area contributed by atoms with Gasteiger partial charge < -0.3 is 4.42 Å². The van der Waals surface area contributed by atoms with Crippen molar-refractivity contribution in [3.8, 4) is 0 Å². The Morgan fingerprint density at radius 2 is 1.95 bits per heavy atom. The highest BCUT2D eigenvalue weighted by atomic mass is 32.2. The smallest absolute Gasteiger partial charge is 0.241 e. The third-order valence-electron chi connectivity index (χ3n) is 3.07. The van der Waals surface area contributed by atoms with E-state index in [9.17, 15) is 13.2 Å². The number of carbonyl (C=O) groups excluding carboxylic acids is 1. The van der Waals surface area contributed by atoms with E-state index in [1.54, 1.807) is 38.1 Å². The van der Waals surface area contributed by atoms with Gasteiger partial charge in [-0.15, -0.1) is 0 Å². The second kappa shape index (κ2) is 5.83. The number of ketones is 1. The van der Waals surface area contributed by atoms with Crippen molar-refractivity contribution in [3.63, 3.8) is 0 Å². The van der Waals surface area contributed by atoms with Crippen LogP contribution in [-0.4, -0.2) is 14.2 Å². The van der Waals surface area contributed by atoms with Crippen LogP contribution in [0.25, 0.3) is 0 Å². The molecule has 1 N–H and O–H groups in total. The van der Waals surface area contributed by atoms with Crippen LogP contribution in [0.3, 0.4) is 0 Å². The molecule has 5 nitrogen and oxygen atoms in total. The zero-order valence-electron chi connectivity index (χ0n) is 12.1. The monoisotopic (exact) mass is 307 g/mol. The summed E-state index contributed by atoms with van der Waals surface area (Å²) in [7, 11) is -3.72. The Morgan fingerprint density at radius 3 is 2.52 bits per heavy atom. The van der Waals surface area contributed by atoms with Gasteiger partial charge in [0.15, 0.2) is 5.78 Å². The lowest BCUT2D eigenvalue weighted by Crippen LogP contribution is -2.26. The minimum Gasteiger partial charge on any atom is -0.465 e. The van der Waals surface area contributed by atoms with Crippen LogP contribution in [0.2, 0.25) is 0 Å². The summed E-state index contributed by atoms with van der Waals surface area (Å²) in [5.74, 6) is 1.08. The van der Waals surface area contributed by atoms with E-state index in [1.165, 1.54) is 19.1 Å². The summed E-state index contributed by atoms with van der Waals surface area (Å²) >= 11 is 0. The normalized spacial score (nSPS) is 13.1. The van der Waals surface area contributed by atoms with Crippen LogP contribution < -0.4 is 4.72 Å². The van der Waals surface area contributed by atoms with Gasteiger partial charge in [-0.05, 0) is 45.0 Å². The van der Waals surface area contributed by atoms with E-state index in [-0.39, 0.29) is 10.7 Å². The number of aryl methyl sites for hydroxylation is 1. The number of furan rings is 1. The number of rotatable bonds is 5. The van der Waals surface area contributed by atoms with Crippen molar-refractivity contribution >= 4 is 15.8 Å². The molecule has 1 heterocycles. The quantitative estimate of drug-likeness (QED) is 0.862. The van der Waals surface area contributed by atoms with Gasteiger partial charge >= 0.3 is 0 Å². The first-order valence-corrected chi connectivity index (χ1v) is 7.97. The predicted octanol–water partition coefficient (Wildman–Crippen LogP) is 2.83. The Hall–Kier alpha value is -1.92. The zero-order valence-corrected chi connectivity index (χ0v) is 12.9. The number of Topliss-reactive ketones (excluding diaryl/α,β-unsaturated/α-hetero) is 1. The fourth-order valence-corrected chi connectivity index (χ4v) is 3.18. The molecule has 0 spiro atoms. The van der Waals surface area contributed by atoms with Crippen LogP contribution in [0.4, 0.5) is 0 Å². The van der Waals surface area contributed by atoms with Crippen LogP contribution in [0.15, 0.2) is 45.7 Å². The van der Waals surface area contributed by atoms with Crippen molar-refractivity contribution in [1.82, 2.24) is 4.72 Å². The second-order valence-corrected chi connectivity index (χ2v) is 6.59. The lowest BCUT2D eigenvalue weighted by atomic mass is 10.2. The van der Waals surface area contributed by atoms with Gasteiger partial charge in [-0.2, -0.15) is 0 Å². The van der Waals surface area contributed by atoms with Crippen LogP contribution in [-0.2, 0) is 10.0 Å². The van der Waals surface area contributed by atoms with Gasteiger partial charge in [0, 0.05) is 5.56 Å². The maximum absolute atomic E-state index is 12.3. The number of hydrogen-bond acceptors (Lipinski definition) is 4. The Kier molecular flexibility index (Phi) is 4.29. The van der Waals surface area contributed by atoms with E-state index < -0.39 is 16.1 Å². The van der Waals surface area contributed by atoms with Gasteiger partial charge in [0.1, 0.15) is 11.5 Å². The number of sulfonamides is 1. The molecule has 0 fully saturated rings. The van der Waals surface area contributed by atoms with Crippen molar-refractivity contribution in [2.45, 2.75) is 31.7 Å². The van der Waals surface area contributed by atoms with Gasteiger partial charge in [-0.25, -0.2) is 13.1 Å². The summed E-state index contributed by atoms with van der Waals surface area (Å²) in [6.07, 6.45) is 0. The van der Waals surface area contributed by atoms with E-state index in [0.29, 0.717) is 11.3 Å². The molecule has 0 aliphatic rings. The van der Waals surface area contributed by atoms with Crippen molar-refractivity contribution < 1.29 is 17.6 Å². The van der Waals surface area contributed by atoms with Crippen molar-refractivity contribution in [3.05, 3.63) is 53.5 Å². The summed E-state index contributed by atoms with van der Waals surface area (Å²) < 4.78 is 32.6. The fourth-order valence-electron chi connectivity index (χ4n) is 1.93. The maximum Gasteiger partial charge on any atom is 0.241 e. The molecule has 0 saturated heterocycles. The summed E-state index contributed by atoms with van der Waals surface area (Å²) in [6, 6.07) is 8.96. The van der Waals surface area contributed by atoms with Gasteiger partial charge in [-0.1, -0.05) is 12.1 Å². The van der Waals surface area contributed by atoms with E-state index in [4.69, 9.17) is 4.42 Å². The van der Waals surface area contributed by atoms with Crippen LogP contribution in [0.5, 0.6) is 0 Å². The Bertz CT molecular complexity index is 761. The summed E-state index contributed by atoms with van der Waals surface area (Å²) in [5.41, 5.74) is 0.361. The molecular weight excluding hydrogens is 290 g/mol. The first kappa shape index (κ1) is 15.5. The SMILES string of the molecule is CC(=O)c1cccc(S(=O)(=O)N[C@H](C)c2ccc(C)o2)c1. The summed E-state index contributed by atoms with van der Waals surface area (Å²) in [6.45, 7) is 4.89. The predicted molar refractivity (Wildman–Crippen MR) is 78.6 cm³/mol. The molecule has 0 saturated carbocycles. The summed E-state index contributed by atoms with van der Waals surface area (Å²) in [4.78, 5) is 11.4. The summed E-state index contributed by atoms with van der Waals surface area (Å²) in [5, 5.41) is 0. The molecule has 0 amide bonds. The van der Waals surface area contributed by atoms with E-state index in [1.807, 2.05) is 0 Å². The molecule has 0 radical (unpaired) electrons. The molecular formula is C15H17NO4S. The highest BCUT2D eigenvalue weighted by Gasteiger charge is 2.20. The molecule has 0 aliphatic carbocycles. The van der Waals surface area contributed by atoms with Gasteiger partial charge in [0.2, 0.25) is 10.0 Å². The number of hydrogen-bond donors (Lipinski definition) is 1. The Balaban J connectivity index is 2.26. The third-order valence-corrected chi connectivity index (χ3v) is 4.61. The third kappa shape index (κ3) is 3.59. The number of carbonyl (C=O) groups is 1. The molecule has 21 heavy (non-hydrogen) atoms. The molecule has 2 rings (SSSR count). The van der Waals surface area contributed by atoms with Gasteiger partial charge in [-0.3, -0.25) is 4.79 Å². The van der Waals surface area contributed by atoms with Crippen LogP contribution in [0.1, 0.15) is 41.8 Å². The number of nitrogens with one attached hydrogen (secondary N) is 1. The lowest BCUT2D eigenvalue weighted by Gasteiger charge is -2.12. The Labute approximate surface area is 124 Å². The largest absolute Gasteiger partial charge is 0.465 e. The average Bonchev–Trinajstić information content (AvgIpc) is 2.85. The molecule has 0 aliphatic heterocycles. The van der Waals surface area contributed by atoms with Crippen LogP contribution >= 0.6 is 0 Å². The van der Waals surface area contributed by atoms with E-state index in [2.05, 4.69) is 4.72 Å². The van der Waals surface area contributed by atoms with E-state index in [0.717, 1.165) is 5.76 Å². The minimum absolute atomic E-state index is 0.0605. The van der Waals surface area contributed by atoms with Crippen LogP contribution in [0, 0.1) is 6.92 Å². The minimum atomic E-state index is -3.72. The molecule has 112 valence electrons. The first-order chi connectivity index (χ1) is 9.79. The molecule has 1 aromatic carbocycles. The van der Waals surface area contributed by atoms with E-state index >= 15 is 0 Å². The molecule has 0 unspecified atom stereocenters. The average molecular weight is 307 g/mol. The topological polar surface area (TPSA) is 76.4 Å². The van der Waals surface area contributed by atoms with Gasteiger partial charge in [0.05, 0.1) is 10.9 Å². The van der Waals surface area contributed by atoms with Gasteiger partial charge in [0.25, 0.3) is 0 Å². The lowest BCUT2D eigenvalue weighted by molar-refractivity contribution is 0.101. The standard InChI is InChI=1S/C15H17NO4S/c1-10-7-8-15(20-10)11(2)16-21(18,19)14-6-4-5-13(9-14)12(3)17/h4-9,11,16H,1-3H3/t11-/m1/s1. The molecule has 2 aromatic rings. The van der Waals surface area contributed by atoms with Crippen molar-refractivity contribution in [2.75, 3.05) is 0 Å². The zero-order chi connectivity index (χ0) is 15.6. The Morgan fingerprint density at radius 1 is 1.24 bits per heavy atom.